The number of anilines is 1. The lowest BCUT2D eigenvalue weighted by Gasteiger charge is -2.50. The van der Waals surface area contributed by atoms with Crippen molar-refractivity contribution in [2.75, 3.05) is 31.7 Å². The maximum atomic E-state index is 13.8. The fraction of sp³-hybridized carbons (Fsp3) is 0.528. The van der Waals surface area contributed by atoms with Gasteiger partial charge >= 0.3 is 5.97 Å². The Morgan fingerprint density at radius 2 is 2.04 bits per heavy atom. The minimum atomic E-state index is -3.01. The fourth-order valence-electron chi connectivity index (χ4n) is 8.17. The first-order valence-corrected chi connectivity index (χ1v) is 18.5. The monoisotopic (exact) mass is 668 g/mol. The molecule has 1 fully saturated rings. The van der Waals surface area contributed by atoms with E-state index in [1.165, 1.54) is 11.1 Å². The van der Waals surface area contributed by atoms with Crippen LogP contribution < -0.4 is 14.4 Å². The molecule has 2 aliphatic heterocycles. The molecule has 7 atom stereocenters. The molecule has 248 valence electrons. The number of carbonyl (C=O) groups is 2. The largest absolute Gasteiger partial charge is 0.490 e. The molecule has 0 saturated heterocycles. The van der Waals surface area contributed by atoms with Gasteiger partial charge in [-0.25, -0.2) is 4.21 Å². The molecule has 2 bridgehead atoms. The van der Waals surface area contributed by atoms with E-state index >= 15 is 0 Å². The zero-order valence-corrected chi connectivity index (χ0v) is 28.5. The van der Waals surface area contributed by atoms with Crippen LogP contribution in [-0.4, -0.2) is 64.7 Å². The predicted molar refractivity (Wildman–Crippen MR) is 184 cm³/mol. The molecular weight excluding hydrogens is 624 g/mol. The second-order valence-electron chi connectivity index (χ2n) is 13.9. The van der Waals surface area contributed by atoms with Crippen LogP contribution in [-0.2, 0) is 31.1 Å². The summed E-state index contributed by atoms with van der Waals surface area (Å²) in [5.41, 5.74) is 2.40. The Morgan fingerprint density at radius 1 is 1.24 bits per heavy atom. The number of hydrogen-bond donors (Lipinski definition) is 2. The van der Waals surface area contributed by atoms with Crippen LogP contribution >= 0.6 is 11.6 Å². The molecule has 46 heavy (non-hydrogen) atoms. The summed E-state index contributed by atoms with van der Waals surface area (Å²) in [6.45, 7) is 5.60. The van der Waals surface area contributed by atoms with Gasteiger partial charge in [-0.2, -0.15) is 0 Å². The molecule has 4 aliphatic rings. The van der Waals surface area contributed by atoms with Crippen LogP contribution in [0.5, 0.6) is 5.75 Å². The molecular formula is C36H45ClN2O6S. The van der Waals surface area contributed by atoms with Gasteiger partial charge in [-0.15, -0.1) is 0 Å². The van der Waals surface area contributed by atoms with Gasteiger partial charge in [-0.1, -0.05) is 36.7 Å². The molecule has 0 aromatic heterocycles. The summed E-state index contributed by atoms with van der Waals surface area (Å²) in [6.07, 6.45) is 8.98. The van der Waals surface area contributed by atoms with Crippen molar-refractivity contribution in [2.24, 2.45) is 17.8 Å². The van der Waals surface area contributed by atoms with E-state index in [-0.39, 0.29) is 29.6 Å². The van der Waals surface area contributed by atoms with Gasteiger partial charge in [-0.05, 0) is 111 Å². The lowest BCUT2D eigenvalue weighted by Crippen LogP contribution is -2.53. The number of benzene rings is 2. The van der Waals surface area contributed by atoms with Crippen molar-refractivity contribution in [2.45, 2.75) is 75.1 Å². The Morgan fingerprint density at radius 3 is 2.76 bits per heavy atom. The van der Waals surface area contributed by atoms with Crippen molar-refractivity contribution in [1.29, 1.82) is 0 Å². The van der Waals surface area contributed by atoms with E-state index in [1.54, 1.807) is 13.2 Å². The molecule has 0 radical (unpaired) electrons. The second kappa shape index (κ2) is 12.5. The third-order valence-electron chi connectivity index (χ3n) is 11.2. The quantitative estimate of drug-likeness (QED) is 0.303. The van der Waals surface area contributed by atoms with Crippen LogP contribution in [0.2, 0.25) is 5.02 Å². The van der Waals surface area contributed by atoms with Gasteiger partial charge < -0.3 is 19.5 Å². The van der Waals surface area contributed by atoms with E-state index in [0.29, 0.717) is 37.4 Å². The van der Waals surface area contributed by atoms with Gasteiger partial charge in [0.1, 0.15) is 5.75 Å². The fourth-order valence-corrected chi connectivity index (χ4v) is 9.84. The number of ether oxygens (including phenoxy) is 2. The Kier molecular flexibility index (Phi) is 8.98. The number of nitrogens with one attached hydrogen (secondary N) is 1. The number of carboxylic acids is 1. The van der Waals surface area contributed by atoms with Crippen molar-refractivity contribution < 1.29 is 28.4 Å². The van der Waals surface area contributed by atoms with Gasteiger partial charge in [0, 0.05) is 41.5 Å². The van der Waals surface area contributed by atoms with Gasteiger partial charge in [-0.3, -0.25) is 14.3 Å². The third kappa shape index (κ3) is 6.06. The average Bonchev–Trinajstić information content (AvgIpc) is 3.14. The smallest absolute Gasteiger partial charge is 0.306 e. The molecule has 8 nitrogen and oxygen atoms in total. The van der Waals surface area contributed by atoms with Crippen LogP contribution in [0.3, 0.4) is 0 Å². The van der Waals surface area contributed by atoms with Gasteiger partial charge in [0.25, 0.3) is 5.91 Å². The summed E-state index contributed by atoms with van der Waals surface area (Å²) in [5, 5.41) is 10.3. The first kappa shape index (κ1) is 32.9. The molecule has 1 unspecified atom stereocenters. The maximum absolute atomic E-state index is 13.8. The highest BCUT2D eigenvalue weighted by atomic mass is 35.5. The number of hydrogen-bond acceptors (Lipinski definition) is 6. The number of carbonyl (C=O) groups excluding carboxylic acids is 1. The number of aryl methyl sites for hydroxylation is 1. The second-order valence-corrected chi connectivity index (χ2v) is 16.8. The summed E-state index contributed by atoms with van der Waals surface area (Å²) < 4.78 is 29.3. The molecule has 2 aromatic rings. The van der Waals surface area contributed by atoms with Gasteiger partial charge in [0.15, 0.2) is 0 Å². The Labute approximate surface area is 277 Å². The van der Waals surface area contributed by atoms with Crippen molar-refractivity contribution in [1.82, 2.24) is 4.72 Å². The molecule has 2 N–H and O–H groups in total. The number of fused-ring (bicyclic) bond motifs is 4. The molecule has 1 saturated carbocycles. The molecule has 2 aromatic carbocycles. The van der Waals surface area contributed by atoms with Crippen molar-refractivity contribution in [3.8, 4) is 5.75 Å². The third-order valence-corrected chi connectivity index (χ3v) is 13.6. The lowest BCUT2D eigenvalue weighted by atomic mass is 9.63. The van der Waals surface area contributed by atoms with E-state index in [9.17, 15) is 18.9 Å². The van der Waals surface area contributed by atoms with Crippen LogP contribution in [0.15, 0.2) is 48.6 Å². The van der Waals surface area contributed by atoms with E-state index < -0.39 is 32.4 Å². The molecule has 2 heterocycles. The predicted octanol–water partition coefficient (Wildman–Crippen LogP) is 6.04. The van der Waals surface area contributed by atoms with E-state index in [0.717, 1.165) is 42.8 Å². The first-order valence-electron chi connectivity index (χ1n) is 16.3. The highest BCUT2D eigenvalue weighted by Gasteiger charge is 2.50. The van der Waals surface area contributed by atoms with Gasteiger partial charge in [0.05, 0.1) is 34.0 Å². The molecule has 6 rings (SSSR count). The normalized spacial score (nSPS) is 35.0. The van der Waals surface area contributed by atoms with Crippen molar-refractivity contribution in [3.05, 3.63) is 70.3 Å². The zero-order chi connectivity index (χ0) is 32.9. The number of rotatable bonds is 3. The van der Waals surface area contributed by atoms with E-state index in [2.05, 4.69) is 27.6 Å². The summed E-state index contributed by atoms with van der Waals surface area (Å²) in [4.78, 5) is 28.2. The number of methoxy groups -OCH3 is 1. The average molecular weight is 669 g/mol. The minimum absolute atomic E-state index is 0.0185. The highest BCUT2D eigenvalue weighted by molar-refractivity contribution is 7.99. The number of allylic oxidation sites excluding steroid dienone is 1. The zero-order valence-electron chi connectivity index (χ0n) is 26.9. The number of halogens is 1. The number of aliphatic carboxylic acids is 1. The van der Waals surface area contributed by atoms with E-state index in [4.69, 9.17) is 21.1 Å². The Hall–Kier alpha value is -3.01. The standard InChI is InChI=1S/C36H45ClN2O6S/c1-23-7-5-16-36(44-3,19-33(40)41)30-12-9-27(30)20-39-21-35(15-6-8-25-17-28(37)11-13-29(25)35)22-45-32-14-10-26(18-31(32)39)34(42)38-46(4,43)24(23)2/h5,10-11,13-14,16-18,23-24,27,30H,4,6-9,12,15,19-22H2,1-3H3,(H,40,41)(H,38,42,43)/b16-5+/t23-,24+,27-,30+,35-,36+,46?/m0/s1. The number of carboxylic acid groups (broad SMARTS) is 1. The van der Waals surface area contributed by atoms with Crippen LogP contribution in [0.1, 0.15) is 73.9 Å². The highest BCUT2D eigenvalue weighted by Crippen LogP contribution is 2.50. The Balaban J connectivity index is 1.47. The van der Waals surface area contributed by atoms with Crippen LogP contribution in [0, 0.1) is 17.8 Å². The number of nitrogens with zero attached hydrogens (tertiary/aromatic N) is 1. The summed E-state index contributed by atoms with van der Waals surface area (Å²) in [5.74, 6) is 3.35. The minimum Gasteiger partial charge on any atom is -0.490 e. The molecule has 1 spiro atoms. The topological polar surface area (TPSA) is 105 Å². The first-order chi connectivity index (χ1) is 21.9. The lowest BCUT2D eigenvalue weighted by molar-refractivity contribution is -0.148. The van der Waals surface area contributed by atoms with Gasteiger partial charge in [0.2, 0.25) is 0 Å². The van der Waals surface area contributed by atoms with Crippen LogP contribution in [0.4, 0.5) is 5.69 Å². The maximum Gasteiger partial charge on any atom is 0.306 e. The molecule has 2 aliphatic carbocycles. The molecule has 10 heteroatoms. The summed E-state index contributed by atoms with van der Waals surface area (Å²) in [6, 6.07) is 11.6. The number of amides is 1. The van der Waals surface area contributed by atoms with Crippen molar-refractivity contribution in [3.63, 3.8) is 0 Å². The van der Waals surface area contributed by atoms with Crippen LogP contribution in [0.25, 0.3) is 0 Å². The Bertz CT molecular complexity index is 1660. The summed E-state index contributed by atoms with van der Waals surface area (Å²) in [7, 11) is -1.41. The summed E-state index contributed by atoms with van der Waals surface area (Å²) >= 11 is 6.43. The molecule has 1 amide bonds. The van der Waals surface area contributed by atoms with Crippen molar-refractivity contribution >= 4 is 44.7 Å². The van der Waals surface area contributed by atoms with E-state index in [1.807, 2.05) is 44.2 Å². The SMILES string of the molecule is C=S1(=O)NC(=O)c2ccc3c(c2)N(C[C@@H]2CC[C@H]2[C@@](CC(=O)O)(OC)/C=C/C[C@H](C)[C@H]1C)C[C@@]1(CCCc2cc(Cl)ccc21)CO3.